The van der Waals surface area contributed by atoms with E-state index in [4.69, 9.17) is 0 Å². The molecule has 0 radical (unpaired) electrons. The number of anilines is 1. The molecule has 5 heteroatoms. The molecule has 112 valence electrons. The van der Waals surface area contributed by atoms with Crippen molar-refractivity contribution in [2.45, 2.75) is 51.6 Å². The van der Waals surface area contributed by atoms with Gasteiger partial charge in [0, 0.05) is 12.7 Å². The Morgan fingerprint density at radius 1 is 1.30 bits per heavy atom. The maximum Gasteiger partial charge on any atom is 0.417 e. The SMILES string of the molecule is CC(C)c1ncc(C(F)(F)F)cc1NCC1CCCC1. The largest absolute Gasteiger partial charge is 0.417 e. The van der Waals surface area contributed by atoms with Crippen LogP contribution in [0.5, 0.6) is 0 Å². The minimum atomic E-state index is -4.34. The summed E-state index contributed by atoms with van der Waals surface area (Å²) >= 11 is 0. The van der Waals surface area contributed by atoms with Crippen molar-refractivity contribution in [2.24, 2.45) is 5.92 Å². The minimum absolute atomic E-state index is 0.100. The summed E-state index contributed by atoms with van der Waals surface area (Å²) in [6, 6.07) is 1.19. The number of hydrogen-bond donors (Lipinski definition) is 1. The molecule has 1 aromatic heterocycles. The summed E-state index contributed by atoms with van der Waals surface area (Å²) in [7, 11) is 0. The molecule has 1 aromatic rings. The summed E-state index contributed by atoms with van der Waals surface area (Å²) in [5.41, 5.74) is 0.550. The van der Waals surface area contributed by atoms with Crippen molar-refractivity contribution in [3.63, 3.8) is 0 Å². The van der Waals surface area contributed by atoms with Gasteiger partial charge in [0.2, 0.25) is 0 Å². The molecule has 1 fully saturated rings. The number of nitrogens with zero attached hydrogens (tertiary/aromatic N) is 1. The van der Waals surface area contributed by atoms with E-state index in [1.54, 1.807) is 0 Å². The third kappa shape index (κ3) is 3.64. The molecule has 0 amide bonds. The molecule has 0 unspecified atom stereocenters. The van der Waals surface area contributed by atoms with E-state index < -0.39 is 11.7 Å². The van der Waals surface area contributed by atoms with E-state index in [1.807, 2.05) is 13.8 Å². The van der Waals surface area contributed by atoms with Crippen molar-refractivity contribution in [2.75, 3.05) is 11.9 Å². The van der Waals surface area contributed by atoms with Gasteiger partial charge in [0.1, 0.15) is 0 Å². The van der Waals surface area contributed by atoms with Crippen LogP contribution < -0.4 is 5.32 Å². The van der Waals surface area contributed by atoms with Gasteiger partial charge in [-0.25, -0.2) is 0 Å². The molecule has 1 saturated carbocycles. The topological polar surface area (TPSA) is 24.9 Å². The molecule has 0 bridgehead atoms. The fourth-order valence-corrected chi connectivity index (χ4v) is 2.70. The van der Waals surface area contributed by atoms with Crippen LogP contribution in [0, 0.1) is 5.92 Å². The quantitative estimate of drug-likeness (QED) is 0.857. The summed E-state index contributed by atoms with van der Waals surface area (Å²) in [6.07, 6.45) is 1.36. The number of pyridine rings is 1. The molecule has 2 rings (SSSR count). The van der Waals surface area contributed by atoms with Gasteiger partial charge in [-0.1, -0.05) is 26.7 Å². The Morgan fingerprint density at radius 2 is 1.95 bits per heavy atom. The van der Waals surface area contributed by atoms with E-state index in [-0.39, 0.29) is 5.92 Å². The molecule has 1 heterocycles. The predicted molar refractivity (Wildman–Crippen MR) is 73.8 cm³/mol. The molecule has 20 heavy (non-hydrogen) atoms. The number of nitrogens with one attached hydrogen (secondary N) is 1. The molecule has 1 N–H and O–H groups in total. The highest BCUT2D eigenvalue weighted by atomic mass is 19.4. The van der Waals surface area contributed by atoms with Crippen molar-refractivity contribution in [1.82, 2.24) is 4.98 Å². The first-order chi connectivity index (χ1) is 9.38. The predicted octanol–water partition coefficient (Wildman–Crippen LogP) is 4.83. The van der Waals surface area contributed by atoms with Crippen LogP contribution in [0.2, 0.25) is 0 Å². The Labute approximate surface area is 117 Å². The van der Waals surface area contributed by atoms with Crippen LogP contribution in [-0.4, -0.2) is 11.5 Å². The van der Waals surface area contributed by atoms with E-state index in [0.29, 0.717) is 17.3 Å². The first kappa shape index (κ1) is 15.1. The van der Waals surface area contributed by atoms with Crippen LogP contribution in [0.4, 0.5) is 18.9 Å². The lowest BCUT2D eigenvalue weighted by atomic mass is 10.0. The highest BCUT2D eigenvalue weighted by Crippen LogP contribution is 2.33. The second kappa shape index (κ2) is 6.02. The van der Waals surface area contributed by atoms with Gasteiger partial charge in [0.15, 0.2) is 0 Å². The number of halogens is 3. The van der Waals surface area contributed by atoms with Crippen LogP contribution in [0.25, 0.3) is 0 Å². The van der Waals surface area contributed by atoms with Crippen LogP contribution in [-0.2, 0) is 6.18 Å². The lowest BCUT2D eigenvalue weighted by Gasteiger charge is -2.18. The number of hydrogen-bond acceptors (Lipinski definition) is 2. The molecule has 0 saturated heterocycles. The second-order valence-electron chi connectivity index (χ2n) is 5.84. The van der Waals surface area contributed by atoms with Gasteiger partial charge < -0.3 is 5.32 Å². The van der Waals surface area contributed by atoms with Crippen LogP contribution in [0.15, 0.2) is 12.3 Å². The van der Waals surface area contributed by atoms with E-state index in [0.717, 1.165) is 25.6 Å². The van der Waals surface area contributed by atoms with Crippen molar-refractivity contribution in [3.05, 3.63) is 23.5 Å². The molecule has 2 nitrogen and oxygen atoms in total. The zero-order valence-electron chi connectivity index (χ0n) is 11.9. The van der Waals surface area contributed by atoms with Gasteiger partial charge in [-0.05, 0) is 30.7 Å². The lowest BCUT2D eigenvalue weighted by Crippen LogP contribution is -2.15. The fraction of sp³-hybridized carbons (Fsp3) is 0.667. The molecule has 0 atom stereocenters. The van der Waals surface area contributed by atoms with Crippen LogP contribution in [0.3, 0.4) is 0 Å². The van der Waals surface area contributed by atoms with Crippen molar-refractivity contribution < 1.29 is 13.2 Å². The molecule has 1 aliphatic rings. The van der Waals surface area contributed by atoms with Gasteiger partial charge in [0.05, 0.1) is 16.9 Å². The van der Waals surface area contributed by atoms with E-state index >= 15 is 0 Å². The highest BCUT2D eigenvalue weighted by molar-refractivity contribution is 5.51. The molecule has 0 aromatic carbocycles. The third-order valence-corrected chi connectivity index (χ3v) is 3.85. The average Bonchev–Trinajstić information content (AvgIpc) is 2.87. The van der Waals surface area contributed by atoms with E-state index in [1.165, 1.54) is 18.9 Å². The van der Waals surface area contributed by atoms with Crippen molar-refractivity contribution in [3.8, 4) is 0 Å². The molecule has 0 spiro atoms. The molecular weight excluding hydrogens is 265 g/mol. The average molecular weight is 286 g/mol. The summed E-state index contributed by atoms with van der Waals surface area (Å²) in [6.45, 7) is 4.62. The van der Waals surface area contributed by atoms with Gasteiger partial charge in [-0.3, -0.25) is 4.98 Å². The third-order valence-electron chi connectivity index (χ3n) is 3.85. The second-order valence-corrected chi connectivity index (χ2v) is 5.84. The Hall–Kier alpha value is -1.26. The van der Waals surface area contributed by atoms with E-state index in [9.17, 15) is 13.2 Å². The molecular formula is C15H21F3N2. The number of rotatable bonds is 4. The summed E-state index contributed by atoms with van der Waals surface area (Å²) in [5, 5.41) is 3.19. The van der Waals surface area contributed by atoms with Gasteiger partial charge in [-0.15, -0.1) is 0 Å². The smallest absolute Gasteiger partial charge is 0.383 e. The van der Waals surface area contributed by atoms with Gasteiger partial charge >= 0.3 is 6.18 Å². The summed E-state index contributed by atoms with van der Waals surface area (Å²) in [4.78, 5) is 4.01. The maximum absolute atomic E-state index is 12.8. The maximum atomic E-state index is 12.8. The number of aromatic nitrogens is 1. The van der Waals surface area contributed by atoms with Crippen molar-refractivity contribution in [1.29, 1.82) is 0 Å². The first-order valence-corrected chi connectivity index (χ1v) is 7.19. The van der Waals surface area contributed by atoms with Crippen LogP contribution in [0.1, 0.15) is 56.7 Å². The lowest BCUT2D eigenvalue weighted by molar-refractivity contribution is -0.137. The van der Waals surface area contributed by atoms with Crippen LogP contribution >= 0.6 is 0 Å². The normalized spacial score (nSPS) is 16.9. The number of alkyl halides is 3. The minimum Gasteiger partial charge on any atom is -0.383 e. The Bertz CT molecular complexity index is 449. The zero-order valence-corrected chi connectivity index (χ0v) is 11.9. The van der Waals surface area contributed by atoms with Crippen molar-refractivity contribution >= 4 is 5.69 Å². The fourth-order valence-electron chi connectivity index (χ4n) is 2.70. The standard InChI is InChI=1S/C15H21F3N2/c1-10(2)14-13(19-8-11-5-3-4-6-11)7-12(9-20-14)15(16,17)18/h7,9-11,19H,3-6,8H2,1-2H3. The Balaban J connectivity index is 2.17. The van der Waals surface area contributed by atoms with Gasteiger partial charge in [-0.2, -0.15) is 13.2 Å². The highest BCUT2D eigenvalue weighted by Gasteiger charge is 2.32. The summed E-state index contributed by atoms with van der Waals surface area (Å²) < 4.78 is 38.3. The Kier molecular flexibility index (Phi) is 4.55. The summed E-state index contributed by atoms with van der Waals surface area (Å²) in [5.74, 6) is 0.674. The monoisotopic (exact) mass is 286 g/mol. The first-order valence-electron chi connectivity index (χ1n) is 7.19. The van der Waals surface area contributed by atoms with Gasteiger partial charge in [0.25, 0.3) is 0 Å². The molecule has 1 aliphatic carbocycles. The Morgan fingerprint density at radius 3 is 2.50 bits per heavy atom. The molecule has 0 aliphatic heterocycles. The van der Waals surface area contributed by atoms with E-state index in [2.05, 4.69) is 10.3 Å². The zero-order chi connectivity index (χ0) is 14.8.